The van der Waals surface area contributed by atoms with Crippen LogP contribution in [0.1, 0.15) is 6.92 Å². The Kier molecular flexibility index (Phi) is 2.90. The molecule has 0 atom stereocenters. The Morgan fingerprint density at radius 1 is 1.19 bits per heavy atom. The monoisotopic (exact) mass is 283 g/mol. The van der Waals surface area contributed by atoms with Crippen molar-refractivity contribution in [2.24, 2.45) is 7.05 Å². The van der Waals surface area contributed by atoms with Crippen LogP contribution in [-0.4, -0.2) is 15.6 Å². The molecule has 0 unspecified atom stereocenters. The molecule has 0 saturated heterocycles. The summed E-state index contributed by atoms with van der Waals surface area (Å²) in [5.74, 6) is -0.365. The van der Waals surface area contributed by atoms with Gasteiger partial charge in [-0.1, -0.05) is 12.1 Å². The first-order chi connectivity index (χ1) is 10.0. The van der Waals surface area contributed by atoms with E-state index in [0.717, 1.165) is 0 Å². The highest BCUT2D eigenvalue weighted by atomic mass is 16.5. The molecule has 21 heavy (non-hydrogen) atoms. The first-order valence-corrected chi connectivity index (χ1v) is 6.42. The summed E-state index contributed by atoms with van der Waals surface area (Å²) in [5, 5.41) is 10.7. The van der Waals surface area contributed by atoms with Crippen LogP contribution in [0, 0.1) is 0 Å². The van der Waals surface area contributed by atoms with Gasteiger partial charge in [0.25, 0.3) is 0 Å². The van der Waals surface area contributed by atoms with Crippen molar-refractivity contribution in [3.63, 3.8) is 0 Å². The van der Waals surface area contributed by atoms with Crippen molar-refractivity contribution < 1.29 is 14.6 Å². The fourth-order valence-corrected chi connectivity index (χ4v) is 2.57. The van der Waals surface area contributed by atoms with Gasteiger partial charge in [-0.15, -0.1) is 0 Å². The van der Waals surface area contributed by atoms with Crippen LogP contribution in [-0.2, 0) is 11.8 Å². The van der Waals surface area contributed by atoms with E-state index < -0.39 is 5.97 Å². The van der Waals surface area contributed by atoms with Gasteiger partial charge in [0, 0.05) is 19.4 Å². The van der Waals surface area contributed by atoms with Crippen LogP contribution in [0.25, 0.3) is 21.8 Å². The third-order valence-electron chi connectivity index (χ3n) is 3.45. The molecule has 3 aromatic rings. The predicted octanol–water partition coefficient (Wildman–Crippen LogP) is 2.32. The molecule has 1 aromatic heterocycles. The summed E-state index contributed by atoms with van der Waals surface area (Å²) in [6.45, 7) is 1.29. The van der Waals surface area contributed by atoms with E-state index in [1.54, 1.807) is 29.8 Å². The van der Waals surface area contributed by atoms with E-state index in [0.29, 0.717) is 16.4 Å². The van der Waals surface area contributed by atoms with Gasteiger partial charge in [-0.05, 0) is 24.3 Å². The molecule has 2 aromatic carbocycles. The minimum Gasteiger partial charge on any atom is -0.507 e. The fourth-order valence-electron chi connectivity index (χ4n) is 2.57. The number of nitrogens with zero attached hydrogens (tertiary/aromatic N) is 1. The zero-order valence-electron chi connectivity index (χ0n) is 11.6. The summed E-state index contributed by atoms with van der Waals surface area (Å²) in [5.41, 5.74) is 0.813. The molecule has 0 aliphatic carbocycles. The van der Waals surface area contributed by atoms with E-state index in [1.165, 1.54) is 19.1 Å². The normalized spacial score (nSPS) is 11.0. The predicted molar refractivity (Wildman–Crippen MR) is 79.7 cm³/mol. The maximum atomic E-state index is 12.6. The minimum absolute atomic E-state index is 0.132. The van der Waals surface area contributed by atoms with Crippen molar-refractivity contribution >= 4 is 27.8 Å². The zero-order valence-corrected chi connectivity index (χ0v) is 11.6. The smallest absolute Gasteiger partial charge is 0.308 e. The molecule has 1 N–H and O–H groups in total. The molecule has 0 amide bonds. The number of carbonyl (C=O) groups is 1. The van der Waals surface area contributed by atoms with Crippen molar-refractivity contribution in [1.82, 2.24) is 4.57 Å². The van der Waals surface area contributed by atoms with Crippen molar-refractivity contribution in [2.45, 2.75) is 6.92 Å². The van der Waals surface area contributed by atoms with E-state index >= 15 is 0 Å². The molecule has 5 nitrogen and oxygen atoms in total. The number of para-hydroxylation sites is 1. The summed E-state index contributed by atoms with van der Waals surface area (Å²) in [6.07, 6.45) is 0. The number of aryl methyl sites for hydroxylation is 1. The molecule has 3 rings (SSSR count). The van der Waals surface area contributed by atoms with Crippen molar-refractivity contribution in [3.8, 4) is 11.5 Å². The maximum Gasteiger partial charge on any atom is 0.308 e. The second-order valence-corrected chi connectivity index (χ2v) is 4.81. The number of fused-ring (bicyclic) bond motifs is 2. The van der Waals surface area contributed by atoms with E-state index in [-0.39, 0.29) is 22.3 Å². The third kappa shape index (κ3) is 1.94. The Morgan fingerprint density at radius 2 is 1.90 bits per heavy atom. The number of rotatable bonds is 1. The Hall–Kier alpha value is -2.82. The molecule has 5 heteroatoms. The van der Waals surface area contributed by atoms with E-state index in [1.807, 2.05) is 6.07 Å². The number of hydrogen-bond acceptors (Lipinski definition) is 4. The van der Waals surface area contributed by atoms with Crippen LogP contribution in [0.2, 0.25) is 0 Å². The van der Waals surface area contributed by atoms with Gasteiger partial charge in [-0.3, -0.25) is 9.59 Å². The average molecular weight is 283 g/mol. The Labute approximate surface area is 120 Å². The van der Waals surface area contributed by atoms with Crippen LogP contribution in [0.5, 0.6) is 11.5 Å². The van der Waals surface area contributed by atoms with E-state index in [4.69, 9.17) is 4.74 Å². The molecule has 0 spiro atoms. The number of esters is 1. The lowest BCUT2D eigenvalue weighted by Crippen LogP contribution is -2.11. The molecule has 0 bridgehead atoms. The molecular formula is C16H13NO4. The van der Waals surface area contributed by atoms with Gasteiger partial charge in [0.05, 0.1) is 16.4 Å². The average Bonchev–Trinajstić information content (AvgIpc) is 2.46. The summed E-state index contributed by atoms with van der Waals surface area (Å²) in [6, 6.07) is 9.93. The second-order valence-electron chi connectivity index (χ2n) is 4.81. The lowest BCUT2D eigenvalue weighted by molar-refractivity contribution is -0.131. The number of carbonyl (C=O) groups excluding carboxylic acids is 1. The fraction of sp³-hybridized carbons (Fsp3) is 0.125. The number of pyridine rings is 1. The molecule has 1 heterocycles. The zero-order chi connectivity index (χ0) is 15.1. The van der Waals surface area contributed by atoms with Crippen LogP contribution in [0.3, 0.4) is 0 Å². The van der Waals surface area contributed by atoms with E-state index in [2.05, 4.69) is 0 Å². The van der Waals surface area contributed by atoms with Crippen LogP contribution in [0.15, 0.2) is 41.2 Å². The van der Waals surface area contributed by atoms with Gasteiger partial charge in [0.1, 0.15) is 5.75 Å². The molecular weight excluding hydrogens is 270 g/mol. The number of benzene rings is 2. The largest absolute Gasteiger partial charge is 0.507 e. The Bertz CT molecular complexity index is 940. The van der Waals surface area contributed by atoms with Gasteiger partial charge >= 0.3 is 5.97 Å². The van der Waals surface area contributed by atoms with E-state index in [9.17, 15) is 14.7 Å². The summed E-state index contributed by atoms with van der Waals surface area (Å²) < 4.78 is 6.90. The van der Waals surface area contributed by atoms with Gasteiger partial charge in [-0.2, -0.15) is 0 Å². The van der Waals surface area contributed by atoms with Crippen LogP contribution >= 0.6 is 0 Å². The van der Waals surface area contributed by atoms with Crippen LogP contribution < -0.4 is 10.2 Å². The second kappa shape index (κ2) is 4.63. The Morgan fingerprint density at radius 3 is 2.62 bits per heavy atom. The first kappa shape index (κ1) is 13.2. The standard InChI is InChI=1S/C16H13NO4/c1-9(18)21-13-8-7-12(19)14-15(13)17(2)11-6-4-3-5-10(11)16(14)20/h3-8,19H,1-2H3. The van der Waals surface area contributed by atoms with Crippen molar-refractivity contribution in [2.75, 3.05) is 0 Å². The lowest BCUT2D eigenvalue weighted by Gasteiger charge is -2.14. The molecule has 106 valence electrons. The van der Waals surface area contributed by atoms with Gasteiger partial charge < -0.3 is 14.4 Å². The van der Waals surface area contributed by atoms with Crippen molar-refractivity contribution in [1.29, 1.82) is 0 Å². The quantitative estimate of drug-likeness (QED) is 0.423. The van der Waals surface area contributed by atoms with Gasteiger partial charge in [0.15, 0.2) is 5.75 Å². The highest BCUT2D eigenvalue weighted by Crippen LogP contribution is 2.32. The highest BCUT2D eigenvalue weighted by molar-refractivity contribution is 5.99. The topological polar surface area (TPSA) is 68.5 Å². The molecule has 0 radical (unpaired) electrons. The minimum atomic E-state index is -0.484. The first-order valence-electron chi connectivity index (χ1n) is 6.42. The molecule has 0 fully saturated rings. The van der Waals surface area contributed by atoms with Gasteiger partial charge in [-0.25, -0.2) is 0 Å². The highest BCUT2D eigenvalue weighted by Gasteiger charge is 2.16. The number of phenolic OH excluding ortho intramolecular Hbond substituents is 1. The summed E-state index contributed by atoms with van der Waals surface area (Å²) >= 11 is 0. The number of phenols is 1. The van der Waals surface area contributed by atoms with Crippen molar-refractivity contribution in [3.05, 3.63) is 46.6 Å². The van der Waals surface area contributed by atoms with Gasteiger partial charge in [0.2, 0.25) is 5.43 Å². The summed E-state index contributed by atoms with van der Waals surface area (Å²) in [4.78, 5) is 23.8. The SMILES string of the molecule is CC(=O)Oc1ccc(O)c2c(=O)c3ccccc3n(C)c12. The lowest BCUT2D eigenvalue weighted by atomic mass is 10.1. The molecule has 0 saturated carbocycles. The summed E-state index contributed by atoms with van der Waals surface area (Å²) in [7, 11) is 1.76. The maximum absolute atomic E-state index is 12.6. The number of hydrogen-bond donors (Lipinski definition) is 1. The number of ether oxygens (including phenoxy) is 1. The Balaban J connectivity index is 2.58. The molecule has 0 aliphatic rings. The number of aromatic hydroxyl groups is 1. The number of aromatic nitrogens is 1. The van der Waals surface area contributed by atoms with Crippen LogP contribution in [0.4, 0.5) is 0 Å². The third-order valence-corrected chi connectivity index (χ3v) is 3.45. The molecule has 0 aliphatic heterocycles.